The monoisotopic (exact) mass is 261 g/mol. The number of hydrogen-bond acceptors (Lipinski definition) is 2. The number of nitrogens with one attached hydrogen (secondary N) is 1. The quantitative estimate of drug-likeness (QED) is 0.839. The number of carboxylic acids is 1. The fourth-order valence-electron chi connectivity index (χ4n) is 3.05. The number of anilines is 1. The fraction of sp³-hybridized carbons (Fsp3) is 0.562. The molecule has 1 aromatic rings. The van der Waals surface area contributed by atoms with Gasteiger partial charge in [-0.3, -0.25) is 0 Å². The van der Waals surface area contributed by atoms with Crippen molar-refractivity contribution in [2.45, 2.75) is 46.0 Å². The van der Waals surface area contributed by atoms with Crippen molar-refractivity contribution in [3.05, 3.63) is 29.3 Å². The van der Waals surface area contributed by atoms with Crippen LogP contribution in [0.4, 0.5) is 5.69 Å². The third-order valence-corrected chi connectivity index (χ3v) is 4.47. The fourth-order valence-corrected chi connectivity index (χ4v) is 3.05. The molecule has 0 radical (unpaired) electrons. The largest absolute Gasteiger partial charge is 0.478 e. The summed E-state index contributed by atoms with van der Waals surface area (Å²) in [4.78, 5) is 11.3. The highest BCUT2D eigenvalue weighted by atomic mass is 16.4. The first kappa shape index (κ1) is 13.9. The Morgan fingerprint density at radius 1 is 1.37 bits per heavy atom. The van der Waals surface area contributed by atoms with Crippen LogP contribution in [0.15, 0.2) is 18.2 Å². The van der Waals surface area contributed by atoms with Crippen molar-refractivity contribution in [2.75, 3.05) is 11.9 Å². The lowest BCUT2D eigenvalue weighted by Crippen LogP contribution is -2.26. The molecule has 0 amide bonds. The summed E-state index contributed by atoms with van der Waals surface area (Å²) in [7, 11) is 0. The number of rotatable bonds is 5. The zero-order valence-electron chi connectivity index (χ0n) is 11.8. The van der Waals surface area contributed by atoms with Crippen molar-refractivity contribution in [1.82, 2.24) is 0 Å². The molecule has 1 aliphatic rings. The normalized spacial score (nSPS) is 17.4. The van der Waals surface area contributed by atoms with E-state index >= 15 is 0 Å². The van der Waals surface area contributed by atoms with Gasteiger partial charge in [0.25, 0.3) is 0 Å². The second kappa shape index (κ2) is 5.64. The molecule has 0 unspecified atom stereocenters. The topological polar surface area (TPSA) is 49.3 Å². The summed E-state index contributed by atoms with van der Waals surface area (Å²) in [6.07, 6.45) is 6.27. The number of carboxylic acid groups (broad SMARTS) is 1. The minimum Gasteiger partial charge on any atom is -0.478 e. The van der Waals surface area contributed by atoms with Gasteiger partial charge in [-0.25, -0.2) is 4.79 Å². The lowest BCUT2D eigenvalue weighted by molar-refractivity contribution is 0.0697. The molecule has 0 heterocycles. The second-order valence-electron chi connectivity index (χ2n) is 5.77. The molecular formula is C16H23NO2. The third kappa shape index (κ3) is 3.09. The van der Waals surface area contributed by atoms with Crippen molar-refractivity contribution in [2.24, 2.45) is 5.41 Å². The highest BCUT2D eigenvalue weighted by molar-refractivity contribution is 5.94. The summed E-state index contributed by atoms with van der Waals surface area (Å²) in [6, 6.07) is 5.58. The van der Waals surface area contributed by atoms with Gasteiger partial charge in [0.05, 0.1) is 5.56 Å². The molecule has 19 heavy (non-hydrogen) atoms. The zero-order valence-corrected chi connectivity index (χ0v) is 11.8. The van der Waals surface area contributed by atoms with E-state index in [0.717, 1.165) is 24.2 Å². The minimum absolute atomic E-state index is 0.362. The maximum atomic E-state index is 11.3. The van der Waals surface area contributed by atoms with Gasteiger partial charge >= 0.3 is 5.97 Å². The van der Waals surface area contributed by atoms with Gasteiger partial charge in [-0.1, -0.05) is 31.4 Å². The highest BCUT2D eigenvalue weighted by Gasteiger charge is 2.31. The summed E-state index contributed by atoms with van der Waals surface area (Å²) >= 11 is 0. The Morgan fingerprint density at radius 3 is 2.63 bits per heavy atom. The summed E-state index contributed by atoms with van der Waals surface area (Å²) in [5.74, 6) is -0.858. The first-order valence-electron chi connectivity index (χ1n) is 7.14. The Hall–Kier alpha value is -1.51. The number of carbonyl (C=O) groups is 1. The molecule has 0 saturated heterocycles. The Morgan fingerprint density at radius 2 is 2.05 bits per heavy atom. The number of aryl methyl sites for hydroxylation is 1. The number of hydrogen-bond donors (Lipinski definition) is 2. The van der Waals surface area contributed by atoms with Gasteiger partial charge in [0.15, 0.2) is 0 Å². The van der Waals surface area contributed by atoms with Crippen molar-refractivity contribution in [3.63, 3.8) is 0 Å². The summed E-state index contributed by atoms with van der Waals surface area (Å²) in [6.45, 7) is 5.04. The first-order chi connectivity index (χ1) is 9.06. The summed E-state index contributed by atoms with van der Waals surface area (Å²) in [5, 5.41) is 12.6. The van der Waals surface area contributed by atoms with Crippen LogP contribution in [0.25, 0.3) is 0 Å². The Bertz CT molecular complexity index is 462. The molecular weight excluding hydrogens is 238 g/mol. The molecule has 0 spiro atoms. The highest BCUT2D eigenvalue weighted by Crippen LogP contribution is 2.41. The van der Waals surface area contributed by atoms with Gasteiger partial charge in [-0.2, -0.15) is 0 Å². The van der Waals surface area contributed by atoms with Crippen molar-refractivity contribution in [3.8, 4) is 0 Å². The smallest absolute Gasteiger partial charge is 0.337 e. The molecule has 0 bridgehead atoms. The molecule has 2 N–H and O–H groups in total. The molecule has 1 aliphatic carbocycles. The van der Waals surface area contributed by atoms with Crippen LogP contribution in [0.5, 0.6) is 0 Å². The van der Waals surface area contributed by atoms with Gasteiger partial charge in [0.1, 0.15) is 0 Å². The van der Waals surface area contributed by atoms with Crippen LogP contribution >= 0.6 is 0 Å². The van der Waals surface area contributed by atoms with Crippen LogP contribution in [0.2, 0.25) is 0 Å². The molecule has 0 atom stereocenters. The molecule has 3 heteroatoms. The van der Waals surface area contributed by atoms with E-state index in [1.807, 2.05) is 19.1 Å². The van der Waals surface area contributed by atoms with Crippen LogP contribution in [0.3, 0.4) is 0 Å². The minimum atomic E-state index is -0.858. The zero-order chi connectivity index (χ0) is 13.9. The van der Waals surface area contributed by atoms with Crippen molar-refractivity contribution >= 4 is 11.7 Å². The van der Waals surface area contributed by atoms with Crippen LogP contribution in [0.1, 0.15) is 54.9 Å². The second-order valence-corrected chi connectivity index (χ2v) is 5.77. The Kier molecular flexibility index (Phi) is 4.13. The van der Waals surface area contributed by atoms with Crippen LogP contribution in [0, 0.1) is 12.3 Å². The Balaban J connectivity index is 2.13. The van der Waals surface area contributed by atoms with Gasteiger partial charge < -0.3 is 10.4 Å². The lowest BCUT2D eigenvalue weighted by Gasteiger charge is -2.28. The van der Waals surface area contributed by atoms with Crippen molar-refractivity contribution < 1.29 is 9.90 Å². The first-order valence-corrected chi connectivity index (χ1v) is 7.14. The number of aromatic carboxylic acids is 1. The predicted molar refractivity (Wildman–Crippen MR) is 77.8 cm³/mol. The van der Waals surface area contributed by atoms with Gasteiger partial charge in [-0.15, -0.1) is 0 Å². The summed E-state index contributed by atoms with van der Waals surface area (Å²) < 4.78 is 0. The predicted octanol–water partition coefficient (Wildman–Crippen LogP) is 4.08. The van der Waals surface area contributed by atoms with Gasteiger partial charge in [0, 0.05) is 12.2 Å². The molecule has 3 nitrogen and oxygen atoms in total. The van der Waals surface area contributed by atoms with E-state index in [1.165, 1.54) is 25.7 Å². The van der Waals surface area contributed by atoms with E-state index in [9.17, 15) is 9.90 Å². The molecule has 0 aromatic heterocycles. The average molecular weight is 261 g/mol. The molecule has 1 fully saturated rings. The summed E-state index contributed by atoms with van der Waals surface area (Å²) in [5.41, 5.74) is 2.47. The SMILES string of the molecule is CCC1(CNc2ccc(C)cc2C(=O)O)CCCC1. The standard InChI is InChI=1S/C16H23NO2/c1-3-16(8-4-5-9-16)11-17-14-7-6-12(2)10-13(14)15(18)19/h6-7,10,17H,3-5,8-9,11H2,1-2H3,(H,18,19). The van der Waals surface area contributed by atoms with Crippen LogP contribution in [-0.4, -0.2) is 17.6 Å². The molecule has 2 rings (SSSR count). The molecule has 0 aliphatic heterocycles. The van der Waals surface area contributed by atoms with E-state index in [4.69, 9.17) is 0 Å². The van der Waals surface area contributed by atoms with E-state index in [1.54, 1.807) is 6.07 Å². The van der Waals surface area contributed by atoms with E-state index in [2.05, 4.69) is 12.2 Å². The van der Waals surface area contributed by atoms with E-state index in [-0.39, 0.29) is 0 Å². The van der Waals surface area contributed by atoms with Crippen LogP contribution < -0.4 is 5.32 Å². The third-order valence-electron chi connectivity index (χ3n) is 4.47. The molecule has 1 aromatic carbocycles. The van der Waals surface area contributed by atoms with E-state index < -0.39 is 5.97 Å². The van der Waals surface area contributed by atoms with Gasteiger partial charge in [0.2, 0.25) is 0 Å². The maximum Gasteiger partial charge on any atom is 0.337 e. The molecule has 1 saturated carbocycles. The van der Waals surface area contributed by atoms with E-state index in [0.29, 0.717) is 11.0 Å². The number of benzene rings is 1. The maximum absolute atomic E-state index is 11.3. The molecule has 104 valence electrons. The lowest BCUT2D eigenvalue weighted by atomic mass is 9.83. The van der Waals surface area contributed by atoms with Gasteiger partial charge in [-0.05, 0) is 43.7 Å². The average Bonchev–Trinajstić information content (AvgIpc) is 2.86. The van der Waals surface area contributed by atoms with Crippen molar-refractivity contribution in [1.29, 1.82) is 0 Å². The Labute approximate surface area is 115 Å². The van der Waals surface area contributed by atoms with Crippen LogP contribution in [-0.2, 0) is 0 Å².